The zero-order chi connectivity index (χ0) is 19.7. The van der Waals surface area contributed by atoms with Gasteiger partial charge in [-0.25, -0.2) is 9.07 Å². The van der Waals surface area contributed by atoms with Crippen molar-refractivity contribution in [3.05, 3.63) is 54.0 Å². The molecule has 2 heterocycles. The van der Waals surface area contributed by atoms with Crippen LogP contribution in [0.2, 0.25) is 0 Å². The van der Waals surface area contributed by atoms with Crippen LogP contribution in [0.1, 0.15) is 5.69 Å². The van der Waals surface area contributed by atoms with Gasteiger partial charge < -0.3 is 14.0 Å². The molecule has 0 atom stereocenters. The van der Waals surface area contributed by atoms with Gasteiger partial charge in [-0.2, -0.15) is 4.98 Å². The summed E-state index contributed by atoms with van der Waals surface area (Å²) in [6, 6.07) is 11.4. The van der Waals surface area contributed by atoms with Gasteiger partial charge in [0.25, 0.3) is 5.89 Å². The van der Waals surface area contributed by atoms with Gasteiger partial charge in [0.15, 0.2) is 17.2 Å². The van der Waals surface area contributed by atoms with Gasteiger partial charge in [0, 0.05) is 5.56 Å². The van der Waals surface area contributed by atoms with E-state index in [9.17, 15) is 4.39 Å². The summed E-state index contributed by atoms with van der Waals surface area (Å²) < 4.78 is 30.9. The Labute approximate surface area is 159 Å². The average Bonchev–Trinajstić information content (AvgIpc) is 3.34. The fourth-order valence-corrected chi connectivity index (χ4v) is 2.79. The molecule has 4 aromatic rings. The Balaban J connectivity index is 1.69. The first-order valence-electron chi connectivity index (χ1n) is 8.35. The van der Waals surface area contributed by atoms with Crippen molar-refractivity contribution in [3.63, 3.8) is 0 Å². The van der Waals surface area contributed by atoms with E-state index < -0.39 is 0 Å². The van der Waals surface area contributed by atoms with Crippen LogP contribution in [0.3, 0.4) is 0 Å². The Morgan fingerprint density at radius 3 is 2.61 bits per heavy atom. The summed E-state index contributed by atoms with van der Waals surface area (Å²) >= 11 is 0. The number of benzene rings is 2. The maximum Gasteiger partial charge on any atom is 0.280 e. The summed E-state index contributed by atoms with van der Waals surface area (Å²) in [6.45, 7) is 1.79. The van der Waals surface area contributed by atoms with Gasteiger partial charge in [-0.15, -0.1) is 5.10 Å². The largest absolute Gasteiger partial charge is 0.493 e. The molecule has 0 radical (unpaired) electrons. The molecule has 0 N–H and O–H groups in total. The third kappa shape index (κ3) is 3.07. The van der Waals surface area contributed by atoms with Gasteiger partial charge in [-0.1, -0.05) is 16.4 Å². The lowest BCUT2D eigenvalue weighted by atomic mass is 10.2. The van der Waals surface area contributed by atoms with Crippen molar-refractivity contribution in [3.8, 4) is 40.2 Å². The fraction of sp³-hybridized carbons (Fsp3) is 0.158. The maximum atomic E-state index is 13.5. The van der Waals surface area contributed by atoms with E-state index in [0.29, 0.717) is 40.0 Å². The molecule has 0 amide bonds. The molecule has 0 aliphatic heterocycles. The maximum absolute atomic E-state index is 13.5. The molecule has 0 fully saturated rings. The lowest BCUT2D eigenvalue weighted by Gasteiger charge is -2.07. The molecular formula is C19H16FN5O3. The highest BCUT2D eigenvalue weighted by Gasteiger charge is 2.19. The van der Waals surface area contributed by atoms with Gasteiger partial charge >= 0.3 is 0 Å². The zero-order valence-electron chi connectivity index (χ0n) is 15.4. The molecule has 0 unspecified atom stereocenters. The Hall–Kier alpha value is -3.75. The van der Waals surface area contributed by atoms with E-state index >= 15 is 0 Å². The molecule has 0 saturated heterocycles. The van der Waals surface area contributed by atoms with Crippen molar-refractivity contribution in [1.82, 2.24) is 25.1 Å². The van der Waals surface area contributed by atoms with E-state index in [1.807, 2.05) is 0 Å². The van der Waals surface area contributed by atoms with Crippen LogP contribution in [0.15, 0.2) is 47.0 Å². The molecular weight excluding hydrogens is 365 g/mol. The van der Waals surface area contributed by atoms with Crippen LogP contribution in [-0.4, -0.2) is 39.4 Å². The Morgan fingerprint density at radius 1 is 1.04 bits per heavy atom. The molecule has 0 spiro atoms. The molecule has 0 aliphatic rings. The number of aromatic nitrogens is 5. The smallest absolute Gasteiger partial charge is 0.280 e. The first-order chi connectivity index (χ1) is 13.6. The molecule has 0 saturated carbocycles. The molecule has 2 aromatic heterocycles. The number of hydrogen-bond donors (Lipinski definition) is 0. The van der Waals surface area contributed by atoms with Crippen LogP contribution in [0.5, 0.6) is 11.5 Å². The lowest BCUT2D eigenvalue weighted by Crippen LogP contribution is -1.99. The normalized spacial score (nSPS) is 10.9. The number of rotatable bonds is 5. The summed E-state index contributed by atoms with van der Waals surface area (Å²) in [5, 5.41) is 12.2. The predicted molar refractivity (Wildman–Crippen MR) is 97.9 cm³/mol. The summed E-state index contributed by atoms with van der Waals surface area (Å²) in [5.41, 5.74) is 2.32. The van der Waals surface area contributed by atoms with E-state index in [2.05, 4.69) is 20.5 Å². The van der Waals surface area contributed by atoms with E-state index in [4.69, 9.17) is 14.0 Å². The first-order valence-corrected chi connectivity index (χ1v) is 8.35. The highest BCUT2D eigenvalue weighted by atomic mass is 19.1. The van der Waals surface area contributed by atoms with Gasteiger partial charge in [0.05, 0.1) is 25.6 Å². The molecule has 2 aromatic carbocycles. The topological polar surface area (TPSA) is 88.1 Å². The predicted octanol–water partition coefficient (Wildman–Crippen LogP) is 3.45. The number of hydrogen-bond acceptors (Lipinski definition) is 7. The number of nitrogens with zero attached hydrogens (tertiary/aromatic N) is 5. The van der Waals surface area contributed by atoms with Crippen LogP contribution in [-0.2, 0) is 0 Å². The average molecular weight is 381 g/mol. The van der Waals surface area contributed by atoms with Gasteiger partial charge in [-0.3, -0.25) is 0 Å². The van der Waals surface area contributed by atoms with Crippen LogP contribution in [0.4, 0.5) is 4.39 Å². The van der Waals surface area contributed by atoms with Gasteiger partial charge in [-0.05, 0) is 43.3 Å². The molecule has 28 heavy (non-hydrogen) atoms. The van der Waals surface area contributed by atoms with Crippen LogP contribution >= 0.6 is 0 Å². The summed E-state index contributed by atoms with van der Waals surface area (Å²) in [6.07, 6.45) is 0. The van der Waals surface area contributed by atoms with Gasteiger partial charge in [0.1, 0.15) is 5.82 Å². The van der Waals surface area contributed by atoms with Crippen molar-refractivity contribution in [2.75, 3.05) is 14.2 Å². The van der Waals surface area contributed by atoms with Crippen LogP contribution in [0, 0.1) is 12.7 Å². The second-order valence-corrected chi connectivity index (χ2v) is 5.91. The molecule has 4 rings (SSSR count). The molecule has 0 aliphatic carbocycles. The Morgan fingerprint density at radius 2 is 1.86 bits per heavy atom. The van der Waals surface area contributed by atoms with E-state index in [1.165, 1.54) is 16.8 Å². The molecule has 142 valence electrons. The van der Waals surface area contributed by atoms with Crippen molar-refractivity contribution in [2.45, 2.75) is 6.92 Å². The zero-order valence-corrected chi connectivity index (χ0v) is 15.4. The van der Waals surface area contributed by atoms with Crippen molar-refractivity contribution in [2.24, 2.45) is 0 Å². The quantitative estimate of drug-likeness (QED) is 0.523. The van der Waals surface area contributed by atoms with E-state index in [-0.39, 0.29) is 11.7 Å². The van der Waals surface area contributed by atoms with Crippen molar-refractivity contribution >= 4 is 0 Å². The molecule has 8 nitrogen and oxygen atoms in total. The third-order valence-electron chi connectivity index (χ3n) is 4.22. The third-order valence-corrected chi connectivity index (χ3v) is 4.22. The standard InChI is InChI=1S/C19H16FN5O3/c1-11-17(22-24-25(11)14-6-4-5-13(20)10-14)19-21-18(23-28-19)12-7-8-15(26-2)16(9-12)27-3/h4-10H,1-3H3. The minimum atomic E-state index is -0.359. The minimum Gasteiger partial charge on any atom is -0.493 e. The van der Waals surface area contributed by atoms with Crippen LogP contribution in [0.25, 0.3) is 28.7 Å². The molecule has 0 bridgehead atoms. The summed E-state index contributed by atoms with van der Waals surface area (Å²) in [4.78, 5) is 4.40. The van der Waals surface area contributed by atoms with E-state index in [0.717, 1.165) is 0 Å². The van der Waals surface area contributed by atoms with Gasteiger partial charge in [0.2, 0.25) is 5.82 Å². The first kappa shape index (κ1) is 17.7. The summed E-state index contributed by atoms with van der Waals surface area (Å²) in [5.74, 6) is 1.38. The Kier molecular flexibility index (Phi) is 4.48. The fourth-order valence-electron chi connectivity index (χ4n) is 2.79. The van der Waals surface area contributed by atoms with Crippen LogP contribution < -0.4 is 9.47 Å². The Bertz CT molecular complexity index is 1140. The second kappa shape index (κ2) is 7.10. The number of halogens is 1. The highest BCUT2D eigenvalue weighted by Crippen LogP contribution is 2.32. The number of methoxy groups -OCH3 is 2. The minimum absolute atomic E-state index is 0.213. The number of ether oxygens (including phenoxy) is 2. The van der Waals surface area contributed by atoms with Crippen molar-refractivity contribution in [1.29, 1.82) is 0 Å². The monoisotopic (exact) mass is 381 g/mol. The van der Waals surface area contributed by atoms with E-state index in [1.54, 1.807) is 51.5 Å². The van der Waals surface area contributed by atoms with Crippen molar-refractivity contribution < 1.29 is 18.4 Å². The lowest BCUT2D eigenvalue weighted by molar-refractivity contribution is 0.355. The molecule has 9 heteroatoms. The second-order valence-electron chi connectivity index (χ2n) is 5.91. The highest BCUT2D eigenvalue weighted by molar-refractivity contribution is 5.63. The SMILES string of the molecule is COc1ccc(-c2noc(-c3nnn(-c4cccc(F)c4)c3C)n2)cc1OC. The summed E-state index contributed by atoms with van der Waals surface area (Å²) in [7, 11) is 3.12.